The molecule has 0 spiro atoms. The predicted octanol–water partition coefficient (Wildman–Crippen LogP) is 5.56. The minimum atomic E-state index is -2.95. The topological polar surface area (TPSA) is 9.23 Å². The number of alkyl halides is 2. The average Bonchev–Trinajstić information content (AvgIpc) is 2.26. The molecule has 1 rings (SSSR count). The zero-order valence-electron chi connectivity index (χ0n) is 12.1. The fraction of sp³-hybridized carbons (Fsp3) is 0.571. The van der Waals surface area contributed by atoms with Crippen LogP contribution in [-0.2, 0) is 10.3 Å². The van der Waals surface area contributed by atoms with Crippen LogP contribution in [0.1, 0.15) is 26.3 Å². The van der Waals surface area contributed by atoms with Gasteiger partial charge in [-0.1, -0.05) is 48.8 Å². The SMILES string of the molecule is CC(C)(C)[Si](C)(C)OCC(F)(F)c1ccc(Br)cc1. The second-order valence-corrected chi connectivity index (χ2v) is 12.0. The predicted molar refractivity (Wildman–Crippen MR) is 81.2 cm³/mol. The second-order valence-electron chi connectivity index (χ2n) is 6.26. The summed E-state index contributed by atoms with van der Waals surface area (Å²) in [6.07, 6.45) is 0. The Morgan fingerprint density at radius 2 is 1.58 bits per heavy atom. The summed E-state index contributed by atoms with van der Waals surface area (Å²) in [7, 11) is -2.15. The van der Waals surface area contributed by atoms with Gasteiger partial charge in [0.1, 0.15) is 6.61 Å². The first-order valence-electron chi connectivity index (χ1n) is 6.23. The molecule has 0 radical (unpaired) electrons. The minimum Gasteiger partial charge on any atom is -0.410 e. The molecule has 1 aromatic carbocycles. The number of rotatable bonds is 4. The quantitative estimate of drug-likeness (QED) is 0.645. The second kappa shape index (κ2) is 5.62. The third-order valence-corrected chi connectivity index (χ3v) is 8.69. The van der Waals surface area contributed by atoms with Crippen molar-refractivity contribution in [3.8, 4) is 0 Å². The van der Waals surface area contributed by atoms with Crippen LogP contribution >= 0.6 is 15.9 Å². The Kier molecular flexibility index (Phi) is 4.97. The van der Waals surface area contributed by atoms with Gasteiger partial charge in [-0.3, -0.25) is 0 Å². The van der Waals surface area contributed by atoms with Crippen LogP contribution in [0.4, 0.5) is 8.78 Å². The van der Waals surface area contributed by atoms with E-state index >= 15 is 0 Å². The molecule has 0 amide bonds. The Morgan fingerprint density at radius 3 is 2.00 bits per heavy atom. The maximum Gasteiger partial charge on any atom is 0.294 e. The van der Waals surface area contributed by atoms with Crippen molar-refractivity contribution in [1.29, 1.82) is 0 Å². The Morgan fingerprint density at radius 1 is 1.11 bits per heavy atom. The summed E-state index contributed by atoms with van der Waals surface area (Å²) < 4.78 is 34.6. The molecule has 0 unspecified atom stereocenters. The van der Waals surface area contributed by atoms with E-state index in [0.29, 0.717) is 0 Å². The van der Waals surface area contributed by atoms with Crippen LogP contribution in [0.3, 0.4) is 0 Å². The molecule has 19 heavy (non-hydrogen) atoms. The summed E-state index contributed by atoms with van der Waals surface area (Å²) >= 11 is 3.24. The van der Waals surface area contributed by atoms with Crippen molar-refractivity contribution in [3.05, 3.63) is 34.3 Å². The highest BCUT2D eigenvalue weighted by molar-refractivity contribution is 9.10. The lowest BCUT2D eigenvalue weighted by atomic mass is 10.1. The molecule has 1 aromatic rings. The smallest absolute Gasteiger partial charge is 0.294 e. The van der Waals surface area contributed by atoms with E-state index in [1.807, 2.05) is 33.9 Å². The molecule has 0 saturated carbocycles. The standard InChI is InChI=1S/C14H21BrF2OSi/c1-13(2,3)19(4,5)18-10-14(16,17)11-6-8-12(15)9-7-11/h6-9H,10H2,1-5H3. The van der Waals surface area contributed by atoms with Crippen molar-refractivity contribution in [2.24, 2.45) is 0 Å². The van der Waals surface area contributed by atoms with E-state index in [1.165, 1.54) is 12.1 Å². The van der Waals surface area contributed by atoms with Crippen molar-refractivity contribution >= 4 is 24.2 Å². The summed E-state index contributed by atoms with van der Waals surface area (Å²) in [5.41, 5.74) is -0.00518. The normalized spacial score (nSPS) is 13.7. The fourth-order valence-corrected chi connectivity index (χ4v) is 2.50. The zero-order chi connectivity index (χ0) is 14.9. The lowest BCUT2D eigenvalue weighted by Gasteiger charge is -2.37. The molecule has 1 nitrogen and oxygen atoms in total. The van der Waals surface area contributed by atoms with Crippen molar-refractivity contribution in [1.82, 2.24) is 0 Å². The fourth-order valence-electron chi connectivity index (χ4n) is 1.26. The van der Waals surface area contributed by atoms with E-state index in [0.717, 1.165) is 4.47 Å². The Balaban J connectivity index is 2.78. The van der Waals surface area contributed by atoms with Crippen molar-refractivity contribution in [2.45, 2.75) is 44.8 Å². The molecule has 0 bridgehead atoms. The average molecular weight is 351 g/mol. The van der Waals surface area contributed by atoms with Gasteiger partial charge >= 0.3 is 0 Å². The molecule has 0 aliphatic heterocycles. The van der Waals surface area contributed by atoms with Crippen LogP contribution in [-0.4, -0.2) is 14.9 Å². The molecule has 0 aromatic heterocycles. The van der Waals surface area contributed by atoms with Gasteiger partial charge in [0.25, 0.3) is 5.92 Å². The third kappa shape index (κ3) is 4.36. The van der Waals surface area contributed by atoms with Gasteiger partial charge in [0, 0.05) is 10.0 Å². The summed E-state index contributed by atoms with van der Waals surface area (Å²) in [4.78, 5) is 0. The van der Waals surface area contributed by atoms with Gasteiger partial charge in [0.15, 0.2) is 8.32 Å². The van der Waals surface area contributed by atoms with Gasteiger partial charge in [-0.2, -0.15) is 8.78 Å². The number of hydrogen-bond donors (Lipinski definition) is 0. The summed E-state index contributed by atoms with van der Waals surface area (Å²) in [6.45, 7) is 9.52. The number of halogens is 3. The maximum absolute atomic E-state index is 14.1. The van der Waals surface area contributed by atoms with Crippen LogP contribution in [0.5, 0.6) is 0 Å². The van der Waals surface area contributed by atoms with Crippen LogP contribution in [0.2, 0.25) is 18.1 Å². The molecule has 0 atom stereocenters. The van der Waals surface area contributed by atoms with E-state index in [9.17, 15) is 8.78 Å². The van der Waals surface area contributed by atoms with Crippen molar-refractivity contribution in [3.63, 3.8) is 0 Å². The van der Waals surface area contributed by atoms with Crippen LogP contribution in [0.15, 0.2) is 28.7 Å². The lowest BCUT2D eigenvalue weighted by molar-refractivity contribution is -0.0508. The molecule has 0 N–H and O–H groups in total. The highest BCUT2D eigenvalue weighted by Gasteiger charge is 2.41. The minimum absolute atomic E-state index is 0.00518. The van der Waals surface area contributed by atoms with E-state index in [2.05, 4.69) is 15.9 Å². The Hall–Kier alpha value is -0.263. The molecule has 0 heterocycles. The molecule has 0 saturated heterocycles. The highest BCUT2D eigenvalue weighted by atomic mass is 79.9. The molecule has 108 valence electrons. The Labute approximate surface area is 123 Å². The van der Waals surface area contributed by atoms with Gasteiger partial charge in [0.2, 0.25) is 0 Å². The third-order valence-electron chi connectivity index (χ3n) is 3.69. The van der Waals surface area contributed by atoms with Gasteiger partial charge < -0.3 is 4.43 Å². The zero-order valence-corrected chi connectivity index (χ0v) is 14.6. The molecular weight excluding hydrogens is 330 g/mol. The maximum atomic E-state index is 14.1. The van der Waals surface area contributed by atoms with Crippen molar-refractivity contribution in [2.75, 3.05) is 6.61 Å². The van der Waals surface area contributed by atoms with E-state index in [4.69, 9.17) is 4.43 Å². The van der Waals surface area contributed by atoms with E-state index in [1.54, 1.807) is 12.1 Å². The highest BCUT2D eigenvalue weighted by Crippen LogP contribution is 2.39. The molecule has 0 aliphatic rings. The van der Waals surface area contributed by atoms with Crippen LogP contribution in [0, 0.1) is 0 Å². The lowest BCUT2D eigenvalue weighted by Crippen LogP contribution is -2.43. The molecule has 0 aliphatic carbocycles. The van der Waals surface area contributed by atoms with Crippen LogP contribution < -0.4 is 0 Å². The summed E-state index contributed by atoms with van der Waals surface area (Å²) in [5.74, 6) is -2.95. The number of benzene rings is 1. The van der Waals surface area contributed by atoms with Gasteiger partial charge in [-0.15, -0.1) is 0 Å². The van der Waals surface area contributed by atoms with Gasteiger partial charge in [-0.25, -0.2) is 0 Å². The van der Waals surface area contributed by atoms with Crippen LogP contribution in [0.25, 0.3) is 0 Å². The first-order chi connectivity index (χ1) is 8.46. The number of hydrogen-bond acceptors (Lipinski definition) is 1. The Bertz CT molecular complexity index is 424. The first-order valence-corrected chi connectivity index (χ1v) is 9.94. The molecular formula is C14H21BrF2OSi. The molecule has 5 heteroatoms. The first kappa shape index (κ1) is 16.8. The molecule has 0 fully saturated rings. The largest absolute Gasteiger partial charge is 0.410 e. The summed E-state index contributed by atoms with van der Waals surface area (Å²) in [6, 6.07) is 6.10. The van der Waals surface area contributed by atoms with Crippen molar-refractivity contribution < 1.29 is 13.2 Å². The van der Waals surface area contributed by atoms with Gasteiger partial charge in [-0.05, 0) is 30.3 Å². The van der Waals surface area contributed by atoms with E-state index in [-0.39, 0.29) is 10.6 Å². The monoisotopic (exact) mass is 350 g/mol. The van der Waals surface area contributed by atoms with E-state index < -0.39 is 20.8 Å². The van der Waals surface area contributed by atoms with Gasteiger partial charge in [0.05, 0.1) is 0 Å². The summed E-state index contributed by atoms with van der Waals surface area (Å²) in [5, 5.41) is -0.0667.